The summed E-state index contributed by atoms with van der Waals surface area (Å²) in [5, 5.41) is 0.711. The maximum absolute atomic E-state index is 11.7. The zero-order valence-electron chi connectivity index (χ0n) is 12.1. The van der Waals surface area contributed by atoms with E-state index in [2.05, 4.69) is 10.9 Å². The van der Waals surface area contributed by atoms with E-state index >= 15 is 0 Å². The molecule has 20 heavy (non-hydrogen) atoms. The minimum absolute atomic E-state index is 0.0970. The van der Waals surface area contributed by atoms with Gasteiger partial charge >= 0.3 is 6.09 Å². The van der Waals surface area contributed by atoms with E-state index in [0.29, 0.717) is 10.9 Å². The molecule has 0 bridgehead atoms. The number of hydrogen-bond acceptors (Lipinski definition) is 3. The summed E-state index contributed by atoms with van der Waals surface area (Å²) < 4.78 is 5.21. The number of benzene rings is 1. The minimum Gasteiger partial charge on any atom is -0.443 e. The highest BCUT2D eigenvalue weighted by molar-refractivity contribution is 6.30. The van der Waals surface area contributed by atoms with Crippen LogP contribution in [0.25, 0.3) is 0 Å². The van der Waals surface area contributed by atoms with Gasteiger partial charge in [0.15, 0.2) is 0 Å². The molecule has 0 radical (unpaired) electrons. The number of carbonyl (C=O) groups is 1. The van der Waals surface area contributed by atoms with Gasteiger partial charge in [0.25, 0.3) is 0 Å². The molecule has 0 aromatic heterocycles. The average molecular weight is 297 g/mol. The van der Waals surface area contributed by atoms with Crippen LogP contribution in [0.15, 0.2) is 24.3 Å². The monoisotopic (exact) mass is 296 g/mol. The van der Waals surface area contributed by atoms with E-state index in [1.165, 1.54) is 0 Å². The lowest BCUT2D eigenvalue weighted by atomic mass is 10.0. The van der Waals surface area contributed by atoms with Crippen molar-refractivity contribution < 1.29 is 9.53 Å². The molecule has 1 aromatic rings. The topological polar surface area (TPSA) is 50.4 Å². The Morgan fingerprint density at radius 3 is 2.40 bits per heavy atom. The van der Waals surface area contributed by atoms with Gasteiger partial charge in [0, 0.05) is 5.02 Å². The van der Waals surface area contributed by atoms with Gasteiger partial charge in [-0.1, -0.05) is 23.7 Å². The fourth-order valence-corrected chi connectivity index (χ4v) is 2.14. The number of nitrogens with one attached hydrogen (secondary N) is 2. The molecule has 0 saturated heterocycles. The van der Waals surface area contributed by atoms with Crippen LogP contribution in [0.3, 0.4) is 0 Å². The van der Waals surface area contributed by atoms with E-state index in [0.717, 1.165) is 18.4 Å². The molecule has 5 heteroatoms. The second-order valence-electron chi connectivity index (χ2n) is 6.14. The summed E-state index contributed by atoms with van der Waals surface area (Å²) >= 11 is 5.90. The third-order valence-corrected chi connectivity index (χ3v) is 3.30. The molecule has 1 aromatic carbocycles. The summed E-state index contributed by atoms with van der Waals surface area (Å²) in [6.07, 6.45) is 1.86. The van der Waals surface area contributed by atoms with Crippen LogP contribution >= 0.6 is 11.6 Å². The van der Waals surface area contributed by atoms with Crippen molar-refractivity contribution in [1.29, 1.82) is 0 Å². The van der Waals surface area contributed by atoms with Crippen molar-refractivity contribution in [2.75, 3.05) is 0 Å². The number of hydrazine groups is 1. The quantitative estimate of drug-likeness (QED) is 0.831. The van der Waals surface area contributed by atoms with Crippen molar-refractivity contribution >= 4 is 17.7 Å². The molecular formula is C15H21ClN2O2. The van der Waals surface area contributed by atoms with Crippen molar-refractivity contribution in [3.05, 3.63) is 34.9 Å². The summed E-state index contributed by atoms with van der Waals surface area (Å²) in [5.74, 6) is 0.547. The lowest BCUT2D eigenvalue weighted by Gasteiger charge is -2.23. The van der Waals surface area contributed by atoms with Crippen LogP contribution in [0, 0.1) is 5.92 Å². The average Bonchev–Trinajstić information content (AvgIpc) is 3.13. The SMILES string of the molecule is CC(C)(C)OC(=O)NNC(c1ccc(Cl)cc1)C1CC1. The maximum Gasteiger partial charge on any atom is 0.422 e. The van der Waals surface area contributed by atoms with Crippen molar-refractivity contribution in [2.24, 2.45) is 5.92 Å². The first-order chi connectivity index (χ1) is 9.35. The highest BCUT2D eigenvalue weighted by atomic mass is 35.5. The van der Waals surface area contributed by atoms with Crippen LogP contribution in [0.5, 0.6) is 0 Å². The third-order valence-electron chi connectivity index (χ3n) is 3.05. The Morgan fingerprint density at radius 2 is 1.90 bits per heavy atom. The Bertz CT molecular complexity index is 464. The van der Waals surface area contributed by atoms with Crippen molar-refractivity contribution in [2.45, 2.75) is 45.3 Å². The van der Waals surface area contributed by atoms with Gasteiger partial charge in [-0.2, -0.15) is 0 Å². The molecule has 1 atom stereocenters. The maximum atomic E-state index is 11.7. The smallest absolute Gasteiger partial charge is 0.422 e. The van der Waals surface area contributed by atoms with E-state index in [-0.39, 0.29) is 6.04 Å². The Labute approximate surface area is 124 Å². The Kier molecular flexibility index (Phi) is 4.55. The number of hydrogen-bond donors (Lipinski definition) is 2. The van der Waals surface area contributed by atoms with Gasteiger partial charge in [0.05, 0.1) is 6.04 Å². The molecule has 4 nitrogen and oxygen atoms in total. The van der Waals surface area contributed by atoms with Crippen molar-refractivity contribution in [3.8, 4) is 0 Å². The van der Waals surface area contributed by atoms with E-state index in [4.69, 9.17) is 16.3 Å². The predicted octanol–water partition coefficient (Wildman–Crippen LogP) is 3.82. The van der Waals surface area contributed by atoms with Crippen molar-refractivity contribution in [3.63, 3.8) is 0 Å². The molecule has 1 aliphatic carbocycles. The Morgan fingerprint density at radius 1 is 1.30 bits per heavy atom. The first kappa shape index (κ1) is 15.1. The van der Waals surface area contributed by atoms with Gasteiger partial charge in [-0.05, 0) is 57.2 Å². The molecule has 1 aliphatic rings. The predicted molar refractivity (Wildman–Crippen MR) is 79.4 cm³/mol. The number of rotatable bonds is 4. The second kappa shape index (κ2) is 6.02. The van der Waals surface area contributed by atoms with Crippen molar-refractivity contribution in [1.82, 2.24) is 10.9 Å². The van der Waals surface area contributed by atoms with Crippen LogP contribution in [-0.2, 0) is 4.74 Å². The van der Waals surface area contributed by atoms with Crippen LogP contribution in [-0.4, -0.2) is 11.7 Å². The summed E-state index contributed by atoms with van der Waals surface area (Å²) in [6, 6.07) is 7.78. The summed E-state index contributed by atoms with van der Waals surface area (Å²) in [4.78, 5) is 11.7. The number of halogens is 1. The van der Waals surface area contributed by atoms with Crippen LogP contribution in [0.1, 0.15) is 45.2 Å². The standard InChI is InChI=1S/C15H21ClN2O2/c1-15(2,3)20-14(19)18-17-13(10-4-5-10)11-6-8-12(16)9-7-11/h6-10,13,17H,4-5H2,1-3H3,(H,18,19). The van der Waals surface area contributed by atoms with Gasteiger partial charge in [-0.15, -0.1) is 0 Å². The highest BCUT2D eigenvalue weighted by Crippen LogP contribution is 2.40. The minimum atomic E-state index is -0.499. The van der Waals surface area contributed by atoms with E-state index < -0.39 is 11.7 Å². The van der Waals surface area contributed by atoms with Gasteiger partial charge in [-0.25, -0.2) is 10.2 Å². The first-order valence-corrected chi connectivity index (χ1v) is 7.23. The Hall–Kier alpha value is -1.26. The molecule has 1 fully saturated rings. The summed E-state index contributed by atoms with van der Waals surface area (Å²) in [5.41, 5.74) is 6.32. The molecule has 0 aliphatic heterocycles. The molecule has 0 spiro atoms. The largest absolute Gasteiger partial charge is 0.443 e. The fraction of sp³-hybridized carbons (Fsp3) is 0.533. The molecule has 1 unspecified atom stereocenters. The fourth-order valence-electron chi connectivity index (χ4n) is 2.01. The normalized spacial score (nSPS) is 16.6. The molecule has 1 saturated carbocycles. The number of carbonyl (C=O) groups excluding carboxylic acids is 1. The van der Waals surface area contributed by atoms with Gasteiger partial charge in [-0.3, -0.25) is 5.43 Å². The lowest BCUT2D eigenvalue weighted by molar-refractivity contribution is 0.0485. The zero-order valence-corrected chi connectivity index (χ0v) is 12.8. The first-order valence-electron chi connectivity index (χ1n) is 6.85. The zero-order chi connectivity index (χ0) is 14.8. The number of amides is 1. The van der Waals surface area contributed by atoms with Gasteiger partial charge < -0.3 is 4.74 Å². The molecule has 1 amide bonds. The highest BCUT2D eigenvalue weighted by Gasteiger charge is 2.32. The van der Waals surface area contributed by atoms with Gasteiger partial charge in [0.2, 0.25) is 0 Å². The van der Waals surface area contributed by atoms with E-state index in [1.54, 1.807) is 0 Å². The summed E-state index contributed by atoms with van der Waals surface area (Å²) in [6.45, 7) is 5.51. The molecule has 2 N–H and O–H groups in total. The molecule has 2 rings (SSSR count). The third kappa shape index (κ3) is 4.69. The molecule has 0 heterocycles. The Balaban J connectivity index is 1.93. The van der Waals surface area contributed by atoms with Crippen LogP contribution in [0.4, 0.5) is 4.79 Å². The molecular weight excluding hydrogens is 276 g/mol. The van der Waals surface area contributed by atoms with Gasteiger partial charge in [0.1, 0.15) is 5.60 Å². The molecule has 110 valence electrons. The van der Waals surface area contributed by atoms with Crippen LogP contribution in [0.2, 0.25) is 5.02 Å². The number of ether oxygens (including phenoxy) is 1. The summed E-state index contributed by atoms with van der Waals surface area (Å²) in [7, 11) is 0. The van der Waals surface area contributed by atoms with Crippen LogP contribution < -0.4 is 10.9 Å². The lowest BCUT2D eigenvalue weighted by Crippen LogP contribution is -2.43. The van der Waals surface area contributed by atoms with E-state index in [1.807, 2.05) is 45.0 Å². The van der Waals surface area contributed by atoms with E-state index in [9.17, 15) is 4.79 Å². The second-order valence-corrected chi connectivity index (χ2v) is 6.57.